The number of allylic oxidation sites excluding steroid dienone is 1. The van der Waals surface area contributed by atoms with E-state index in [2.05, 4.69) is 19.2 Å². The van der Waals surface area contributed by atoms with E-state index >= 15 is 0 Å². The van der Waals surface area contributed by atoms with Crippen LogP contribution in [0.15, 0.2) is 11.9 Å². The summed E-state index contributed by atoms with van der Waals surface area (Å²) in [4.78, 5) is 0. The predicted molar refractivity (Wildman–Crippen MR) is 70.7 cm³/mol. The minimum Gasteiger partial charge on any atom is -0.401 e. The molecule has 3 N–H and O–H groups in total. The summed E-state index contributed by atoms with van der Waals surface area (Å²) in [5, 5.41) is 3.19. The first-order valence-electron chi connectivity index (χ1n) is 6.49. The molecule has 0 aromatic rings. The molecule has 2 nitrogen and oxygen atoms in total. The second-order valence-electron chi connectivity index (χ2n) is 3.48. The van der Waals surface area contributed by atoms with E-state index in [1.54, 1.807) is 0 Å². The maximum Gasteiger partial charge on any atom is 0.0240 e. The fourth-order valence-electron chi connectivity index (χ4n) is 1.18. The lowest BCUT2D eigenvalue weighted by atomic mass is 10.1. The molecule has 0 aromatic heterocycles. The van der Waals surface area contributed by atoms with Crippen molar-refractivity contribution in [2.75, 3.05) is 6.54 Å². The summed E-state index contributed by atoms with van der Waals surface area (Å²) in [6.45, 7) is 9.40. The molecule has 0 unspecified atom stereocenters. The Morgan fingerprint density at radius 2 is 1.73 bits per heavy atom. The first kappa shape index (κ1) is 16.8. The second kappa shape index (κ2) is 15.8. The van der Waals surface area contributed by atoms with Gasteiger partial charge in [-0.15, -0.1) is 0 Å². The molecular formula is C13H30N2. The molecule has 0 saturated carbocycles. The Bertz CT molecular complexity index is 130. The average Bonchev–Trinajstić information content (AvgIpc) is 2.28. The first-order chi connectivity index (χ1) is 7.31. The van der Waals surface area contributed by atoms with Gasteiger partial charge in [-0.1, -0.05) is 47.0 Å². The van der Waals surface area contributed by atoms with Crippen molar-refractivity contribution in [1.82, 2.24) is 5.32 Å². The molecule has 0 amide bonds. The summed E-state index contributed by atoms with van der Waals surface area (Å²) < 4.78 is 0. The number of hydrogen-bond donors (Lipinski definition) is 2. The lowest BCUT2D eigenvalue weighted by molar-refractivity contribution is 0.658. The maximum atomic E-state index is 5.80. The number of rotatable bonds is 8. The smallest absolute Gasteiger partial charge is 0.0240 e. The van der Waals surface area contributed by atoms with E-state index in [0.717, 1.165) is 25.1 Å². The van der Waals surface area contributed by atoms with Gasteiger partial charge in [0.15, 0.2) is 0 Å². The van der Waals surface area contributed by atoms with Crippen molar-refractivity contribution in [2.24, 2.45) is 5.73 Å². The molecule has 0 fully saturated rings. The van der Waals surface area contributed by atoms with Gasteiger partial charge in [0, 0.05) is 18.4 Å². The molecule has 15 heavy (non-hydrogen) atoms. The van der Waals surface area contributed by atoms with E-state index < -0.39 is 0 Å². The largest absolute Gasteiger partial charge is 0.401 e. The summed E-state index contributed by atoms with van der Waals surface area (Å²) in [7, 11) is 0. The van der Waals surface area contributed by atoms with Crippen molar-refractivity contribution in [3.8, 4) is 0 Å². The van der Waals surface area contributed by atoms with Crippen molar-refractivity contribution in [1.29, 1.82) is 0 Å². The van der Waals surface area contributed by atoms with Gasteiger partial charge in [0.1, 0.15) is 0 Å². The van der Waals surface area contributed by atoms with Crippen molar-refractivity contribution < 1.29 is 0 Å². The van der Waals surface area contributed by atoms with Gasteiger partial charge in [-0.25, -0.2) is 0 Å². The van der Waals surface area contributed by atoms with Crippen LogP contribution in [0.5, 0.6) is 0 Å². The predicted octanol–water partition coefficient (Wildman–Crippen LogP) is 3.78. The second-order valence-corrected chi connectivity index (χ2v) is 3.48. The van der Waals surface area contributed by atoms with Crippen LogP contribution in [0.4, 0.5) is 0 Å². The van der Waals surface area contributed by atoms with Crippen LogP contribution < -0.4 is 11.1 Å². The minimum absolute atomic E-state index is 0.990. The molecule has 0 heterocycles. The SMILES string of the molecule is CC.CCCCCC/C(N)=C/NCCC. The Morgan fingerprint density at radius 3 is 2.27 bits per heavy atom. The highest BCUT2D eigenvalue weighted by atomic mass is 14.8. The summed E-state index contributed by atoms with van der Waals surface area (Å²) in [6.07, 6.45) is 9.29. The standard InChI is InChI=1S/C11H24N2.C2H6/c1-3-5-6-7-8-11(12)10-13-9-4-2;1-2/h10,13H,3-9,12H2,1-2H3;1-2H3/b11-10-;. The molecular weight excluding hydrogens is 184 g/mol. The summed E-state index contributed by atoms with van der Waals surface area (Å²) in [6, 6.07) is 0. The number of nitrogens with one attached hydrogen (secondary N) is 1. The monoisotopic (exact) mass is 214 g/mol. The molecule has 92 valence electrons. The van der Waals surface area contributed by atoms with E-state index in [0.29, 0.717) is 0 Å². The van der Waals surface area contributed by atoms with Crippen molar-refractivity contribution in [3.05, 3.63) is 11.9 Å². The van der Waals surface area contributed by atoms with Crippen LogP contribution in [0.1, 0.15) is 66.2 Å². The fourth-order valence-corrected chi connectivity index (χ4v) is 1.18. The number of hydrogen-bond acceptors (Lipinski definition) is 2. The molecule has 0 aliphatic rings. The molecule has 0 radical (unpaired) electrons. The van der Waals surface area contributed by atoms with E-state index in [1.807, 2.05) is 20.0 Å². The summed E-state index contributed by atoms with van der Waals surface area (Å²) in [5.41, 5.74) is 6.79. The molecule has 2 heteroatoms. The highest BCUT2D eigenvalue weighted by molar-refractivity contribution is 4.94. The first-order valence-corrected chi connectivity index (χ1v) is 6.49. The quantitative estimate of drug-likeness (QED) is 0.603. The maximum absolute atomic E-state index is 5.80. The zero-order valence-electron chi connectivity index (χ0n) is 11.1. The van der Waals surface area contributed by atoms with Gasteiger partial charge in [0.2, 0.25) is 0 Å². The fraction of sp³-hybridized carbons (Fsp3) is 0.846. The lowest BCUT2D eigenvalue weighted by Gasteiger charge is -2.02. The number of unbranched alkanes of at least 4 members (excludes halogenated alkanes) is 3. The van der Waals surface area contributed by atoms with Gasteiger partial charge >= 0.3 is 0 Å². The van der Waals surface area contributed by atoms with Crippen molar-refractivity contribution >= 4 is 0 Å². The Balaban J connectivity index is 0. The molecule has 0 saturated heterocycles. The molecule has 0 aliphatic carbocycles. The van der Waals surface area contributed by atoms with Gasteiger partial charge in [0.05, 0.1) is 0 Å². The Kier molecular flexibility index (Phi) is 17.6. The molecule has 0 aromatic carbocycles. The van der Waals surface area contributed by atoms with E-state index in [4.69, 9.17) is 5.73 Å². The highest BCUT2D eigenvalue weighted by Gasteiger charge is 1.90. The Labute approximate surface area is 96.3 Å². The van der Waals surface area contributed by atoms with Crippen LogP contribution in [0.2, 0.25) is 0 Å². The van der Waals surface area contributed by atoms with Crippen LogP contribution in [0, 0.1) is 0 Å². The minimum atomic E-state index is 0.990. The lowest BCUT2D eigenvalue weighted by Crippen LogP contribution is -2.10. The zero-order chi connectivity index (χ0) is 11.9. The van der Waals surface area contributed by atoms with E-state index in [-0.39, 0.29) is 0 Å². The van der Waals surface area contributed by atoms with Crippen molar-refractivity contribution in [3.63, 3.8) is 0 Å². The van der Waals surface area contributed by atoms with Crippen LogP contribution in [-0.4, -0.2) is 6.54 Å². The zero-order valence-corrected chi connectivity index (χ0v) is 11.1. The molecule has 0 spiro atoms. The van der Waals surface area contributed by atoms with Crippen LogP contribution in [0.25, 0.3) is 0 Å². The van der Waals surface area contributed by atoms with Gasteiger partial charge in [-0.05, 0) is 19.3 Å². The number of nitrogens with two attached hydrogens (primary N) is 1. The normalized spacial score (nSPS) is 10.5. The van der Waals surface area contributed by atoms with Gasteiger partial charge in [-0.3, -0.25) is 0 Å². The van der Waals surface area contributed by atoms with Gasteiger partial charge in [0.25, 0.3) is 0 Å². The third-order valence-electron chi connectivity index (χ3n) is 2.00. The topological polar surface area (TPSA) is 38.0 Å². The van der Waals surface area contributed by atoms with E-state index in [1.165, 1.54) is 25.7 Å². The third-order valence-corrected chi connectivity index (χ3v) is 2.00. The summed E-state index contributed by atoms with van der Waals surface area (Å²) in [5.74, 6) is 0. The highest BCUT2D eigenvalue weighted by Crippen LogP contribution is 2.05. The molecule has 0 atom stereocenters. The Hall–Kier alpha value is -0.660. The van der Waals surface area contributed by atoms with E-state index in [9.17, 15) is 0 Å². The molecule has 0 aliphatic heterocycles. The Morgan fingerprint density at radius 1 is 1.07 bits per heavy atom. The van der Waals surface area contributed by atoms with Crippen LogP contribution in [0.3, 0.4) is 0 Å². The molecule has 0 rings (SSSR count). The van der Waals surface area contributed by atoms with Crippen LogP contribution >= 0.6 is 0 Å². The van der Waals surface area contributed by atoms with Crippen molar-refractivity contribution in [2.45, 2.75) is 66.2 Å². The molecule has 0 bridgehead atoms. The van der Waals surface area contributed by atoms with Gasteiger partial charge < -0.3 is 11.1 Å². The summed E-state index contributed by atoms with van der Waals surface area (Å²) >= 11 is 0. The average molecular weight is 214 g/mol. The van der Waals surface area contributed by atoms with Gasteiger partial charge in [-0.2, -0.15) is 0 Å². The third kappa shape index (κ3) is 16.0. The van der Waals surface area contributed by atoms with Crippen LogP contribution in [-0.2, 0) is 0 Å².